The van der Waals surface area contributed by atoms with E-state index in [1.165, 1.54) is 77.0 Å². The molecule has 0 aromatic rings. The van der Waals surface area contributed by atoms with Gasteiger partial charge in [0.15, 0.2) is 0 Å². The molecule has 0 aliphatic carbocycles. The average molecular weight is 503 g/mol. The summed E-state index contributed by atoms with van der Waals surface area (Å²) in [5.74, 6) is -0.120. The quantitative estimate of drug-likeness (QED) is 0.0760. The van der Waals surface area contributed by atoms with Gasteiger partial charge in [-0.15, -0.1) is 0 Å². The molecule has 6 heteroatoms. The first-order valence-electron chi connectivity index (χ1n) is 14.8. The van der Waals surface area contributed by atoms with E-state index in [-0.39, 0.29) is 5.97 Å². The van der Waals surface area contributed by atoms with Gasteiger partial charge in [-0.25, -0.2) is 0 Å². The van der Waals surface area contributed by atoms with Crippen molar-refractivity contribution in [1.82, 2.24) is 0 Å². The van der Waals surface area contributed by atoms with E-state index >= 15 is 0 Å². The van der Waals surface area contributed by atoms with Crippen molar-refractivity contribution in [2.45, 2.75) is 123 Å². The van der Waals surface area contributed by atoms with Crippen LogP contribution in [0, 0.1) is 0 Å². The van der Waals surface area contributed by atoms with Crippen LogP contribution in [0.3, 0.4) is 0 Å². The lowest BCUT2D eigenvalue weighted by Gasteiger charge is -2.08. The van der Waals surface area contributed by atoms with Crippen molar-refractivity contribution in [3.63, 3.8) is 0 Å². The van der Waals surface area contributed by atoms with Crippen LogP contribution in [-0.4, -0.2) is 65.4 Å². The highest BCUT2D eigenvalue weighted by molar-refractivity contribution is 5.69. The maximum absolute atomic E-state index is 11.6. The molecule has 0 saturated carbocycles. The molecule has 0 radical (unpaired) electrons. The van der Waals surface area contributed by atoms with Crippen molar-refractivity contribution in [3.8, 4) is 0 Å². The number of ether oxygens (including phenoxy) is 5. The monoisotopic (exact) mass is 502 g/mol. The molecule has 0 aromatic heterocycles. The Balaban J connectivity index is 3.09. The third-order valence-corrected chi connectivity index (χ3v) is 5.94. The second-order valence-electron chi connectivity index (χ2n) is 9.37. The zero-order chi connectivity index (χ0) is 25.5. The van der Waals surface area contributed by atoms with E-state index in [1.54, 1.807) is 0 Å². The number of hydrogen-bond donors (Lipinski definition) is 0. The fraction of sp³-hybridized carbons (Fsp3) is 0.966. The highest BCUT2D eigenvalue weighted by Gasteiger charge is 2.02. The molecule has 0 aliphatic heterocycles. The van der Waals surface area contributed by atoms with Crippen molar-refractivity contribution < 1.29 is 28.5 Å². The molecule has 210 valence electrons. The molecule has 0 rings (SSSR count). The summed E-state index contributed by atoms with van der Waals surface area (Å²) in [5, 5.41) is 0. The Morgan fingerprint density at radius 3 is 1.20 bits per heavy atom. The lowest BCUT2D eigenvalue weighted by molar-refractivity contribution is -0.144. The lowest BCUT2D eigenvalue weighted by Crippen LogP contribution is -2.12. The fourth-order valence-corrected chi connectivity index (χ4v) is 3.74. The highest BCUT2D eigenvalue weighted by Crippen LogP contribution is 2.10. The standard InChI is InChI=1S/C29H58O6/c1-3-5-7-9-10-11-12-13-15-16-20-31-23-25-33-27-28-34-26-24-32-21-18-19-29(30)35-22-17-14-8-6-4-2/h3-28H2,1-2H3. The van der Waals surface area contributed by atoms with Gasteiger partial charge in [0.05, 0.1) is 46.2 Å². The van der Waals surface area contributed by atoms with Crippen LogP contribution in [0.1, 0.15) is 123 Å². The minimum Gasteiger partial charge on any atom is -0.466 e. The van der Waals surface area contributed by atoms with Crippen LogP contribution in [-0.2, 0) is 28.5 Å². The molecule has 0 saturated heterocycles. The van der Waals surface area contributed by atoms with Gasteiger partial charge in [0.25, 0.3) is 0 Å². The third-order valence-electron chi connectivity index (χ3n) is 5.94. The summed E-state index contributed by atoms with van der Waals surface area (Å²) in [6.45, 7) is 9.89. The summed E-state index contributed by atoms with van der Waals surface area (Å²) >= 11 is 0. The van der Waals surface area contributed by atoms with Gasteiger partial charge in [-0.1, -0.05) is 97.3 Å². The number of rotatable bonds is 30. The molecule has 6 nitrogen and oxygen atoms in total. The summed E-state index contributed by atoms with van der Waals surface area (Å²) in [7, 11) is 0. The Hall–Kier alpha value is -0.690. The maximum Gasteiger partial charge on any atom is 0.305 e. The van der Waals surface area contributed by atoms with Crippen LogP contribution in [0.2, 0.25) is 0 Å². The van der Waals surface area contributed by atoms with Gasteiger partial charge < -0.3 is 23.7 Å². The molecular formula is C29H58O6. The van der Waals surface area contributed by atoms with Gasteiger partial charge in [0.1, 0.15) is 0 Å². The average Bonchev–Trinajstić information content (AvgIpc) is 2.86. The van der Waals surface area contributed by atoms with Gasteiger partial charge in [-0.05, 0) is 19.3 Å². The van der Waals surface area contributed by atoms with E-state index in [1.807, 2.05) is 0 Å². The number of unbranched alkanes of at least 4 members (excludes halogenated alkanes) is 13. The predicted octanol–water partition coefficient (Wildman–Crippen LogP) is 7.27. The molecule has 0 amide bonds. The summed E-state index contributed by atoms with van der Waals surface area (Å²) in [5.41, 5.74) is 0. The molecule has 0 aromatic carbocycles. The van der Waals surface area contributed by atoms with Gasteiger partial charge in [-0.2, -0.15) is 0 Å². The predicted molar refractivity (Wildman–Crippen MR) is 144 cm³/mol. The molecule has 0 heterocycles. The van der Waals surface area contributed by atoms with Gasteiger partial charge in [0.2, 0.25) is 0 Å². The molecule has 0 aliphatic rings. The molecular weight excluding hydrogens is 444 g/mol. The van der Waals surface area contributed by atoms with Crippen LogP contribution in [0.15, 0.2) is 0 Å². The zero-order valence-corrected chi connectivity index (χ0v) is 23.3. The maximum atomic E-state index is 11.6. The second kappa shape index (κ2) is 31.3. The van der Waals surface area contributed by atoms with Crippen molar-refractivity contribution in [2.24, 2.45) is 0 Å². The number of carbonyl (C=O) groups is 1. The fourth-order valence-electron chi connectivity index (χ4n) is 3.74. The Morgan fingerprint density at radius 2 is 0.743 bits per heavy atom. The largest absolute Gasteiger partial charge is 0.466 e. The lowest BCUT2D eigenvalue weighted by atomic mass is 10.1. The van der Waals surface area contributed by atoms with Crippen molar-refractivity contribution in [2.75, 3.05) is 59.5 Å². The summed E-state index contributed by atoms with van der Waals surface area (Å²) in [6, 6.07) is 0. The van der Waals surface area contributed by atoms with Gasteiger partial charge in [0, 0.05) is 19.6 Å². The van der Waals surface area contributed by atoms with E-state index in [4.69, 9.17) is 23.7 Å². The SMILES string of the molecule is CCCCCCCCCCCCOCCOCCOCCOCCCC(=O)OCCCCCCC. The van der Waals surface area contributed by atoms with Crippen molar-refractivity contribution in [1.29, 1.82) is 0 Å². The van der Waals surface area contributed by atoms with E-state index in [0.717, 1.165) is 25.9 Å². The van der Waals surface area contributed by atoms with E-state index < -0.39 is 0 Å². The van der Waals surface area contributed by atoms with Crippen LogP contribution < -0.4 is 0 Å². The van der Waals surface area contributed by atoms with E-state index in [0.29, 0.717) is 65.7 Å². The number of carbonyl (C=O) groups excluding carboxylic acids is 1. The topological polar surface area (TPSA) is 63.2 Å². The van der Waals surface area contributed by atoms with Crippen LogP contribution in [0.4, 0.5) is 0 Å². The Morgan fingerprint density at radius 1 is 0.400 bits per heavy atom. The van der Waals surface area contributed by atoms with Gasteiger partial charge in [-0.3, -0.25) is 4.79 Å². The molecule has 0 spiro atoms. The highest BCUT2D eigenvalue weighted by atomic mass is 16.6. The smallest absolute Gasteiger partial charge is 0.305 e. The minimum atomic E-state index is -0.120. The Kier molecular flexibility index (Phi) is 30.7. The molecule has 0 atom stereocenters. The molecule has 0 unspecified atom stereocenters. The first-order chi connectivity index (χ1) is 17.3. The summed E-state index contributed by atoms with van der Waals surface area (Å²) in [6.07, 6.45) is 20.4. The number of hydrogen-bond acceptors (Lipinski definition) is 6. The number of esters is 1. The van der Waals surface area contributed by atoms with E-state index in [9.17, 15) is 4.79 Å². The first kappa shape index (κ1) is 34.3. The third kappa shape index (κ3) is 31.3. The molecule has 35 heavy (non-hydrogen) atoms. The zero-order valence-electron chi connectivity index (χ0n) is 23.3. The van der Waals surface area contributed by atoms with Crippen molar-refractivity contribution in [3.05, 3.63) is 0 Å². The minimum absolute atomic E-state index is 0.120. The summed E-state index contributed by atoms with van der Waals surface area (Å²) < 4.78 is 27.4. The van der Waals surface area contributed by atoms with E-state index in [2.05, 4.69) is 13.8 Å². The van der Waals surface area contributed by atoms with Crippen molar-refractivity contribution >= 4 is 5.97 Å². The van der Waals surface area contributed by atoms with Crippen LogP contribution in [0.25, 0.3) is 0 Å². The van der Waals surface area contributed by atoms with Crippen LogP contribution >= 0.6 is 0 Å². The van der Waals surface area contributed by atoms with Gasteiger partial charge >= 0.3 is 5.97 Å². The molecule has 0 fully saturated rings. The normalized spacial score (nSPS) is 11.3. The molecule has 0 bridgehead atoms. The molecule has 0 N–H and O–H groups in total. The Labute approximate surface area is 217 Å². The van der Waals surface area contributed by atoms with Crippen LogP contribution in [0.5, 0.6) is 0 Å². The summed E-state index contributed by atoms with van der Waals surface area (Å²) in [4.78, 5) is 11.6. The second-order valence-corrected chi connectivity index (χ2v) is 9.37. The first-order valence-corrected chi connectivity index (χ1v) is 14.8. The Bertz CT molecular complexity index is 405.